The van der Waals surface area contributed by atoms with Crippen molar-refractivity contribution in [1.29, 1.82) is 0 Å². The minimum Gasteiger partial charge on any atom is -0.497 e. The van der Waals surface area contributed by atoms with Gasteiger partial charge in [-0.1, -0.05) is 24.3 Å². The lowest BCUT2D eigenvalue weighted by molar-refractivity contribution is 0.102. The molecule has 29 heavy (non-hydrogen) atoms. The molecule has 2 aromatic heterocycles. The largest absolute Gasteiger partial charge is 0.497 e. The van der Waals surface area contributed by atoms with Crippen LogP contribution in [0.15, 0.2) is 65.7 Å². The van der Waals surface area contributed by atoms with Crippen LogP contribution in [0.3, 0.4) is 0 Å². The van der Waals surface area contributed by atoms with Gasteiger partial charge in [0.1, 0.15) is 5.75 Å². The Morgan fingerprint density at radius 1 is 1.17 bits per heavy atom. The van der Waals surface area contributed by atoms with Gasteiger partial charge < -0.3 is 14.6 Å². The van der Waals surface area contributed by atoms with E-state index < -0.39 is 11.5 Å². The molecule has 8 heteroatoms. The van der Waals surface area contributed by atoms with Crippen LogP contribution in [0, 0.1) is 0 Å². The van der Waals surface area contributed by atoms with Gasteiger partial charge in [0.05, 0.1) is 36.6 Å². The van der Waals surface area contributed by atoms with Gasteiger partial charge in [0.2, 0.25) is 0 Å². The number of hydrogen-bond donors (Lipinski definition) is 1. The van der Waals surface area contributed by atoms with Gasteiger partial charge >= 0.3 is 0 Å². The molecule has 1 amide bonds. The molecule has 0 spiro atoms. The van der Waals surface area contributed by atoms with Gasteiger partial charge in [-0.25, -0.2) is 4.98 Å². The van der Waals surface area contributed by atoms with E-state index in [2.05, 4.69) is 15.4 Å². The van der Waals surface area contributed by atoms with E-state index in [9.17, 15) is 9.59 Å². The molecular formula is C21H19N5O3. The number of nitrogens with one attached hydrogen (secondary N) is 1. The SMILES string of the molecule is COc1cccc(Cn2cc(NC(=O)c3nc4ccccc4n(C)c3=O)cn2)c1. The van der Waals surface area contributed by atoms with E-state index >= 15 is 0 Å². The highest BCUT2D eigenvalue weighted by Gasteiger charge is 2.17. The number of benzene rings is 2. The van der Waals surface area contributed by atoms with Crippen LogP contribution in [-0.2, 0) is 13.6 Å². The average Bonchev–Trinajstić information content (AvgIpc) is 3.17. The minimum absolute atomic E-state index is 0.160. The van der Waals surface area contributed by atoms with Crippen LogP contribution >= 0.6 is 0 Å². The molecule has 0 unspecified atom stereocenters. The molecule has 0 saturated carbocycles. The van der Waals surface area contributed by atoms with E-state index in [1.54, 1.807) is 37.2 Å². The number of hydrogen-bond acceptors (Lipinski definition) is 5. The van der Waals surface area contributed by atoms with Gasteiger partial charge in [-0.2, -0.15) is 5.10 Å². The zero-order chi connectivity index (χ0) is 20.4. The fraction of sp³-hybridized carbons (Fsp3) is 0.143. The molecule has 2 aromatic carbocycles. The van der Waals surface area contributed by atoms with Crippen molar-refractivity contribution in [2.24, 2.45) is 7.05 Å². The number of methoxy groups -OCH3 is 1. The lowest BCUT2D eigenvalue weighted by atomic mass is 10.2. The predicted octanol–water partition coefficient (Wildman–Crippen LogP) is 2.44. The number of amides is 1. The summed E-state index contributed by atoms with van der Waals surface area (Å²) in [6.45, 7) is 0.517. The normalized spacial score (nSPS) is 10.8. The van der Waals surface area contributed by atoms with Crippen molar-refractivity contribution in [2.75, 3.05) is 12.4 Å². The Labute approximate surface area is 166 Å². The molecule has 0 aliphatic carbocycles. The van der Waals surface area contributed by atoms with Crippen LogP contribution in [0.4, 0.5) is 5.69 Å². The van der Waals surface area contributed by atoms with Crippen molar-refractivity contribution in [3.05, 3.63) is 82.5 Å². The van der Waals surface area contributed by atoms with Crippen molar-refractivity contribution in [3.8, 4) is 5.75 Å². The van der Waals surface area contributed by atoms with Crippen LogP contribution in [-0.4, -0.2) is 32.3 Å². The third kappa shape index (κ3) is 3.73. The van der Waals surface area contributed by atoms with Crippen molar-refractivity contribution in [2.45, 2.75) is 6.54 Å². The number of aryl methyl sites for hydroxylation is 1. The van der Waals surface area contributed by atoms with Gasteiger partial charge in [0.25, 0.3) is 11.5 Å². The third-order valence-corrected chi connectivity index (χ3v) is 4.57. The Kier molecular flexibility index (Phi) is 4.82. The zero-order valence-corrected chi connectivity index (χ0v) is 16.0. The Morgan fingerprint density at radius 3 is 2.83 bits per heavy atom. The molecule has 0 radical (unpaired) electrons. The Hall–Kier alpha value is -3.94. The van der Waals surface area contributed by atoms with E-state index in [0.717, 1.165) is 11.3 Å². The quantitative estimate of drug-likeness (QED) is 0.566. The Morgan fingerprint density at radius 2 is 2.00 bits per heavy atom. The molecule has 0 fully saturated rings. The number of nitrogens with zero attached hydrogens (tertiary/aromatic N) is 4. The molecule has 1 N–H and O–H groups in total. The predicted molar refractivity (Wildman–Crippen MR) is 109 cm³/mol. The smallest absolute Gasteiger partial charge is 0.282 e. The zero-order valence-electron chi connectivity index (χ0n) is 16.0. The van der Waals surface area contributed by atoms with Crippen molar-refractivity contribution in [3.63, 3.8) is 0 Å². The van der Waals surface area contributed by atoms with Gasteiger partial charge in [0, 0.05) is 13.2 Å². The molecule has 146 valence electrons. The summed E-state index contributed by atoms with van der Waals surface area (Å²) >= 11 is 0. The molecule has 8 nitrogen and oxygen atoms in total. The number of para-hydroxylation sites is 2. The summed E-state index contributed by atoms with van der Waals surface area (Å²) in [6, 6.07) is 14.8. The number of carbonyl (C=O) groups is 1. The number of fused-ring (bicyclic) bond motifs is 1. The second kappa shape index (κ2) is 7.59. The third-order valence-electron chi connectivity index (χ3n) is 4.57. The summed E-state index contributed by atoms with van der Waals surface area (Å²) in [7, 11) is 3.24. The van der Waals surface area contributed by atoms with E-state index in [1.165, 1.54) is 10.8 Å². The molecule has 0 saturated heterocycles. The summed E-state index contributed by atoms with van der Waals surface area (Å²) in [5.41, 5.74) is 2.12. The van der Waals surface area contributed by atoms with Gasteiger partial charge in [-0.3, -0.25) is 14.3 Å². The van der Waals surface area contributed by atoms with Gasteiger partial charge in [-0.15, -0.1) is 0 Å². The van der Waals surface area contributed by atoms with E-state index in [4.69, 9.17) is 4.74 Å². The number of aromatic nitrogens is 4. The Balaban J connectivity index is 1.54. The summed E-state index contributed by atoms with van der Waals surface area (Å²) in [6.07, 6.45) is 3.23. The number of rotatable bonds is 5. The van der Waals surface area contributed by atoms with Crippen LogP contribution in [0.2, 0.25) is 0 Å². The van der Waals surface area contributed by atoms with Crippen LogP contribution in [0.1, 0.15) is 16.1 Å². The van der Waals surface area contributed by atoms with Crippen LogP contribution < -0.4 is 15.6 Å². The minimum atomic E-state index is -0.572. The molecule has 0 aliphatic rings. The van der Waals surface area contributed by atoms with Crippen molar-refractivity contribution < 1.29 is 9.53 Å². The summed E-state index contributed by atoms with van der Waals surface area (Å²) in [5.74, 6) is 0.193. The monoisotopic (exact) mass is 389 g/mol. The number of ether oxygens (including phenoxy) is 1. The van der Waals surface area contributed by atoms with Gasteiger partial charge in [-0.05, 0) is 29.8 Å². The lowest BCUT2D eigenvalue weighted by Crippen LogP contribution is -2.29. The highest BCUT2D eigenvalue weighted by Crippen LogP contribution is 2.15. The lowest BCUT2D eigenvalue weighted by Gasteiger charge is -2.07. The second-order valence-corrected chi connectivity index (χ2v) is 6.55. The first kappa shape index (κ1) is 18.4. The molecular weight excluding hydrogens is 370 g/mol. The van der Waals surface area contributed by atoms with E-state index in [0.29, 0.717) is 23.3 Å². The van der Waals surface area contributed by atoms with Crippen LogP contribution in [0.25, 0.3) is 11.0 Å². The topological polar surface area (TPSA) is 91.0 Å². The summed E-state index contributed by atoms with van der Waals surface area (Å²) in [5, 5.41) is 6.96. The van der Waals surface area contributed by atoms with Crippen molar-refractivity contribution >= 4 is 22.6 Å². The van der Waals surface area contributed by atoms with E-state index in [-0.39, 0.29) is 5.69 Å². The first-order chi connectivity index (χ1) is 14.0. The van der Waals surface area contributed by atoms with Crippen LogP contribution in [0.5, 0.6) is 5.75 Å². The first-order valence-corrected chi connectivity index (χ1v) is 8.97. The second-order valence-electron chi connectivity index (χ2n) is 6.55. The Bertz CT molecular complexity index is 1260. The molecule has 0 atom stereocenters. The molecule has 4 aromatic rings. The number of carbonyl (C=O) groups excluding carboxylic acids is 1. The highest BCUT2D eigenvalue weighted by atomic mass is 16.5. The number of anilines is 1. The van der Waals surface area contributed by atoms with E-state index in [1.807, 2.05) is 36.4 Å². The maximum atomic E-state index is 12.6. The maximum absolute atomic E-state index is 12.6. The fourth-order valence-electron chi connectivity index (χ4n) is 3.09. The molecule has 0 bridgehead atoms. The summed E-state index contributed by atoms with van der Waals surface area (Å²) < 4.78 is 8.34. The first-order valence-electron chi connectivity index (χ1n) is 8.97. The molecule has 2 heterocycles. The highest BCUT2D eigenvalue weighted by molar-refractivity contribution is 6.03. The van der Waals surface area contributed by atoms with Crippen molar-refractivity contribution in [1.82, 2.24) is 19.3 Å². The molecule has 4 rings (SSSR count). The average molecular weight is 389 g/mol. The molecule has 0 aliphatic heterocycles. The maximum Gasteiger partial charge on any atom is 0.282 e. The summed E-state index contributed by atoms with van der Waals surface area (Å²) in [4.78, 5) is 29.4. The standard InChI is InChI=1S/C21H19N5O3/c1-25-18-9-4-3-8-17(18)24-19(21(25)28)20(27)23-15-11-22-26(13-15)12-14-6-5-7-16(10-14)29-2/h3-11,13H,12H2,1-2H3,(H,23,27). The van der Waals surface area contributed by atoms with Gasteiger partial charge in [0.15, 0.2) is 5.69 Å². The fourth-order valence-corrected chi connectivity index (χ4v) is 3.09.